The molecule has 0 spiro atoms. The first-order valence-electron chi connectivity index (χ1n) is 4.75. The van der Waals surface area contributed by atoms with Crippen LogP contribution < -0.4 is 4.90 Å². The Morgan fingerprint density at radius 1 is 1.60 bits per heavy atom. The van der Waals surface area contributed by atoms with Gasteiger partial charge in [-0.15, -0.1) is 6.58 Å². The maximum atomic E-state index is 11.7. The van der Waals surface area contributed by atoms with Crippen molar-refractivity contribution in [1.82, 2.24) is 4.98 Å². The predicted molar refractivity (Wildman–Crippen MR) is 62.6 cm³/mol. The smallest absolute Gasteiger partial charge is 0.228 e. The van der Waals surface area contributed by atoms with Crippen molar-refractivity contribution in [3.8, 4) is 0 Å². The van der Waals surface area contributed by atoms with E-state index in [9.17, 15) is 4.79 Å². The quantitative estimate of drug-likeness (QED) is 0.771. The third-order valence-electron chi connectivity index (χ3n) is 2.48. The van der Waals surface area contributed by atoms with Gasteiger partial charge in [-0.3, -0.25) is 9.69 Å². The molecule has 1 amide bonds. The van der Waals surface area contributed by atoms with Crippen molar-refractivity contribution in [1.29, 1.82) is 0 Å². The number of pyridine rings is 1. The molecule has 0 N–H and O–H groups in total. The Balaban J connectivity index is 2.21. The molecule has 1 aliphatic rings. The van der Waals surface area contributed by atoms with Crippen LogP contribution in [0.25, 0.3) is 0 Å². The summed E-state index contributed by atoms with van der Waals surface area (Å²) < 4.78 is 0.915. The van der Waals surface area contributed by atoms with Crippen molar-refractivity contribution >= 4 is 27.7 Å². The number of aromatic nitrogens is 1. The highest BCUT2D eigenvalue weighted by Gasteiger charge is 2.29. The molecular weight excluding hydrogens is 256 g/mol. The first-order valence-corrected chi connectivity index (χ1v) is 5.54. The summed E-state index contributed by atoms with van der Waals surface area (Å²) in [5.41, 5.74) is 0. The molecule has 0 bridgehead atoms. The van der Waals surface area contributed by atoms with E-state index in [1.807, 2.05) is 18.2 Å². The molecule has 0 radical (unpaired) electrons. The van der Waals surface area contributed by atoms with Gasteiger partial charge in [0.15, 0.2) is 0 Å². The summed E-state index contributed by atoms with van der Waals surface area (Å²) in [5, 5.41) is 0. The molecule has 1 atom stereocenters. The minimum Gasteiger partial charge on any atom is -0.296 e. The van der Waals surface area contributed by atoms with Crippen LogP contribution in [0, 0.1) is 5.92 Å². The summed E-state index contributed by atoms with van der Waals surface area (Å²) in [7, 11) is 0. The average Bonchev–Trinajstić information content (AvgIpc) is 2.61. The maximum Gasteiger partial charge on any atom is 0.228 e. The summed E-state index contributed by atoms with van der Waals surface area (Å²) in [4.78, 5) is 17.6. The van der Waals surface area contributed by atoms with E-state index in [1.165, 1.54) is 0 Å². The highest BCUT2D eigenvalue weighted by molar-refractivity contribution is 9.10. The molecule has 0 saturated carbocycles. The fourth-order valence-corrected chi connectivity index (χ4v) is 1.88. The second-order valence-corrected chi connectivity index (χ2v) is 4.45. The molecule has 1 aliphatic heterocycles. The van der Waals surface area contributed by atoms with Gasteiger partial charge in [-0.05, 0) is 28.1 Å². The predicted octanol–water partition coefficient (Wildman–Crippen LogP) is 2.38. The van der Waals surface area contributed by atoms with E-state index >= 15 is 0 Å². The number of hydrogen-bond donors (Lipinski definition) is 0. The Bertz CT molecular complexity index is 388. The van der Waals surface area contributed by atoms with E-state index in [0.717, 1.165) is 4.47 Å². The maximum absolute atomic E-state index is 11.7. The van der Waals surface area contributed by atoms with Gasteiger partial charge in [0.25, 0.3) is 0 Å². The number of rotatable bonds is 2. The number of anilines is 1. The first-order chi connectivity index (χ1) is 7.20. The summed E-state index contributed by atoms with van der Waals surface area (Å²) in [5.74, 6) is 1.09. The minimum absolute atomic E-state index is 0.120. The van der Waals surface area contributed by atoms with Crippen molar-refractivity contribution in [2.75, 3.05) is 11.4 Å². The van der Waals surface area contributed by atoms with E-state index in [0.29, 0.717) is 18.8 Å². The molecule has 0 aliphatic carbocycles. The van der Waals surface area contributed by atoms with E-state index < -0.39 is 0 Å². The van der Waals surface area contributed by atoms with Gasteiger partial charge in [0, 0.05) is 29.6 Å². The van der Waals surface area contributed by atoms with Gasteiger partial charge in [0.2, 0.25) is 5.91 Å². The van der Waals surface area contributed by atoms with Crippen LogP contribution in [0.2, 0.25) is 0 Å². The zero-order valence-corrected chi connectivity index (χ0v) is 9.77. The fourth-order valence-electron chi connectivity index (χ4n) is 1.64. The van der Waals surface area contributed by atoms with Crippen molar-refractivity contribution in [3.63, 3.8) is 0 Å². The van der Waals surface area contributed by atoms with Gasteiger partial charge >= 0.3 is 0 Å². The Morgan fingerprint density at radius 3 is 2.93 bits per heavy atom. The number of carbonyl (C=O) groups is 1. The van der Waals surface area contributed by atoms with Crippen LogP contribution >= 0.6 is 15.9 Å². The van der Waals surface area contributed by atoms with E-state index in [-0.39, 0.29) is 11.8 Å². The number of hydrogen-bond acceptors (Lipinski definition) is 2. The Hall–Kier alpha value is -1.16. The van der Waals surface area contributed by atoms with Gasteiger partial charge in [0.05, 0.1) is 0 Å². The minimum atomic E-state index is 0.120. The lowest BCUT2D eigenvalue weighted by Crippen LogP contribution is -2.25. The standard InChI is InChI=1S/C11H11BrN2O/c1-2-8-5-11(15)14(7-8)10-4-3-9(12)6-13-10/h2-4,6,8H,1,5,7H2. The van der Waals surface area contributed by atoms with Gasteiger partial charge in [-0.25, -0.2) is 4.98 Å². The van der Waals surface area contributed by atoms with Crippen molar-refractivity contribution in [2.24, 2.45) is 5.92 Å². The third kappa shape index (κ3) is 2.09. The highest BCUT2D eigenvalue weighted by atomic mass is 79.9. The Kier molecular flexibility index (Phi) is 2.86. The van der Waals surface area contributed by atoms with Crippen LogP contribution in [0.3, 0.4) is 0 Å². The van der Waals surface area contributed by atoms with Crippen molar-refractivity contribution < 1.29 is 4.79 Å². The lowest BCUT2D eigenvalue weighted by atomic mass is 10.1. The molecule has 1 saturated heterocycles. The molecule has 2 heterocycles. The summed E-state index contributed by atoms with van der Waals surface area (Å²) in [6, 6.07) is 3.73. The van der Waals surface area contributed by atoms with Crippen LogP contribution in [-0.4, -0.2) is 17.4 Å². The number of amides is 1. The lowest BCUT2D eigenvalue weighted by molar-refractivity contribution is -0.117. The van der Waals surface area contributed by atoms with Crippen LogP contribution in [0.15, 0.2) is 35.5 Å². The van der Waals surface area contributed by atoms with Gasteiger partial charge in [-0.1, -0.05) is 6.08 Å². The van der Waals surface area contributed by atoms with Gasteiger partial charge < -0.3 is 0 Å². The second kappa shape index (κ2) is 4.14. The van der Waals surface area contributed by atoms with Crippen molar-refractivity contribution in [3.05, 3.63) is 35.5 Å². The number of nitrogens with zero attached hydrogens (tertiary/aromatic N) is 2. The van der Waals surface area contributed by atoms with E-state index in [2.05, 4.69) is 27.5 Å². The van der Waals surface area contributed by atoms with Crippen molar-refractivity contribution in [2.45, 2.75) is 6.42 Å². The number of carbonyl (C=O) groups excluding carboxylic acids is 1. The number of halogens is 1. The summed E-state index contributed by atoms with van der Waals surface area (Å²) in [6.45, 7) is 4.40. The Labute approximate surface area is 96.9 Å². The Morgan fingerprint density at radius 2 is 2.40 bits per heavy atom. The molecule has 15 heavy (non-hydrogen) atoms. The normalized spacial score (nSPS) is 20.7. The second-order valence-electron chi connectivity index (χ2n) is 3.54. The summed E-state index contributed by atoms with van der Waals surface area (Å²) >= 11 is 3.31. The third-order valence-corrected chi connectivity index (χ3v) is 2.95. The fraction of sp³-hybridized carbons (Fsp3) is 0.273. The van der Waals surface area contributed by atoms with Crippen LogP contribution in [0.1, 0.15) is 6.42 Å². The zero-order valence-electron chi connectivity index (χ0n) is 8.19. The topological polar surface area (TPSA) is 33.2 Å². The largest absolute Gasteiger partial charge is 0.296 e. The monoisotopic (exact) mass is 266 g/mol. The SMILES string of the molecule is C=CC1CC(=O)N(c2ccc(Br)cn2)C1. The molecule has 4 heteroatoms. The molecule has 3 nitrogen and oxygen atoms in total. The highest BCUT2D eigenvalue weighted by Crippen LogP contribution is 2.24. The average molecular weight is 267 g/mol. The molecule has 1 aromatic rings. The molecule has 2 rings (SSSR count). The van der Waals surface area contributed by atoms with Gasteiger partial charge in [0.1, 0.15) is 5.82 Å². The molecular formula is C11H11BrN2O. The zero-order chi connectivity index (χ0) is 10.8. The van der Waals surface area contributed by atoms with Crippen LogP contribution in [0.4, 0.5) is 5.82 Å². The van der Waals surface area contributed by atoms with E-state index in [1.54, 1.807) is 11.1 Å². The lowest BCUT2D eigenvalue weighted by Gasteiger charge is -2.14. The van der Waals surface area contributed by atoms with Gasteiger partial charge in [-0.2, -0.15) is 0 Å². The van der Waals surface area contributed by atoms with E-state index in [4.69, 9.17) is 0 Å². The molecule has 1 aromatic heterocycles. The molecule has 1 fully saturated rings. The van der Waals surface area contributed by atoms with Crippen LogP contribution in [0.5, 0.6) is 0 Å². The molecule has 1 unspecified atom stereocenters. The molecule has 0 aromatic carbocycles. The van der Waals surface area contributed by atoms with Crippen LogP contribution in [-0.2, 0) is 4.79 Å². The first kappa shape index (κ1) is 10.4. The molecule has 78 valence electrons. The summed E-state index contributed by atoms with van der Waals surface area (Å²) in [6.07, 6.45) is 4.07.